The molecule has 0 spiro atoms. The highest BCUT2D eigenvalue weighted by atomic mass is 19.1. The number of anilines is 1. The van der Waals surface area contributed by atoms with Crippen molar-refractivity contribution in [2.75, 3.05) is 51.9 Å². The second-order valence-electron chi connectivity index (χ2n) is 8.17. The molecule has 1 N–H and O–H groups in total. The van der Waals surface area contributed by atoms with Crippen LogP contribution < -0.4 is 19.7 Å². The van der Waals surface area contributed by atoms with Crippen LogP contribution in [0.5, 0.6) is 11.5 Å². The van der Waals surface area contributed by atoms with Gasteiger partial charge in [0.05, 0.1) is 20.8 Å². The maximum absolute atomic E-state index is 13.3. The minimum Gasteiger partial charge on any atom is -0.497 e. The third kappa shape index (κ3) is 5.16. The highest BCUT2D eigenvalue weighted by Crippen LogP contribution is 2.38. The van der Waals surface area contributed by atoms with Gasteiger partial charge in [0.15, 0.2) is 5.92 Å². The number of amides is 1. The average Bonchev–Trinajstić information content (AvgIpc) is 2.88. The van der Waals surface area contributed by atoms with Crippen molar-refractivity contribution in [3.05, 3.63) is 53.8 Å². The first-order valence-corrected chi connectivity index (χ1v) is 11.5. The molecule has 0 aromatic heterocycles. The summed E-state index contributed by atoms with van der Waals surface area (Å²) in [5.41, 5.74) is 1.52. The van der Waals surface area contributed by atoms with Crippen LogP contribution in [0.15, 0.2) is 47.5 Å². The Morgan fingerprint density at radius 3 is 2.37 bits per heavy atom. The van der Waals surface area contributed by atoms with Gasteiger partial charge in [0.2, 0.25) is 11.9 Å². The normalized spacial score (nSPS) is 20.1. The van der Waals surface area contributed by atoms with Gasteiger partial charge in [0.1, 0.15) is 23.4 Å². The summed E-state index contributed by atoms with van der Waals surface area (Å²) >= 11 is 0. The lowest BCUT2D eigenvalue weighted by Gasteiger charge is -2.39. The molecule has 4 rings (SSSR count). The lowest BCUT2D eigenvalue weighted by molar-refractivity contribution is -0.153. The smallest absolute Gasteiger partial charge is 0.321 e. The minimum absolute atomic E-state index is 0.150. The number of carbonyl (C=O) groups excluding carboxylic acids is 2. The van der Waals surface area contributed by atoms with Gasteiger partial charge in [-0.3, -0.25) is 14.9 Å². The summed E-state index contributed by atoms with van der Waals surface area (Å²) < 4.78 is 29.3. The molecule has 1 saturated heterocycles. The zero-order chi connectivity index (χ0) is 24.9. The molecule has 2 aliphatic rings. The predicted molar refractivity (Wildman–Crippen MR) is 128 cm³/mol. The molecule has 2 atom stereocenters. The number of nitrogens with zero attached hydrogens (tertiary/aromatic N) is 3. The van der Waals surface area contributed by atoms with Crippen molar-refractivity contribution in [1.82, 2.24) is 10.2 Å². The number of benzene rings is 2. The molecule has 9 nitrogen and oxygen atoms in total. The van der Waals surface area contributed by atoms with E-state index >= 15 is 0 Å². The SMILES string of the molecule is CCOC(=O)[C@H]1C(=O)NC(N2CCN(c3ccc(F)cc3)CC2)=N[C@@H]1c1ccc(OC)cc1OC. The van der Waals surface area contributed by atoms with Crippen molar-refractivity contribution < 1.29 is 28.2 Å². The Morgan fingerprint density at radius 1 is 1.06 bits per heavy atom. The summed E-state index contributed by atoms with van der Waals surface area (Å²) in [6, 6.07) is 10.7. The van der Waals surface area contributed by atoms with Gasteiger partial charge >= 0.3 is 5.97 Å². The maximum atomic E-state index is 13.3. The quantitative estimate of drug-likeness (QED) is 0.497. The van der Waals surface area contributed by atoms with Gasteiger partial charge in [-0.2, -0.15) is 0 Å². The zero-order valence-corrected chi connectivity index (χ0v) is 20.0. The summed E-state index contributed by atoms with van der Waals surface area (Å²) in [5, 5.41) is 2.80. The van der Waals surface area contributed by atoms with E-state index < -0.39 is 23.8 Å². The zero-order valence-electron chi connectivity index (χ0n) is 20.0. The third-order valence-corrected chi connectivity index (χ3v) is 6.17. The van der Waals surface area contributed by atoms with E-state index in [1.807, 2.05) is 4.90 Å². The number of piperazine rings is 1. The first-order valence-electron chi connectivity index (χ1n) is 11.5. The number of ether oxygens (including phenoxy) is 3. The number of esters is 1. The molecule has 2 aromatic rings. The van der Waals surface area contributed by atoms with Gasteiger partial charge in [-0.05, 0) is 43.3 Å². The lowest BCUT2D eigenvalue weighted by Crippen LogP contribution is -2.57. The largest absolute Gasteiger partial charge is 0.497 e. The Morgan fingerprint density at radius 2 is 1.74 bits per heavy atom. The van der Waals surface area contributed by atoms with E-state index in [1.54, 1.807) is 44.4 Å². The first-order chi connectivity index (χ1) is 16.9. The molecule has 0 bridgehead atoms. The summed E-state index contributed by atoms with van der Waals surface area (Å²) in [7, 11) is 3.06. The van der Waals surface area contributed by atoms with Crippen molar-refractivity contribution >= 4 is 23.5 Å². The van der Waals surface area contributed by atoms with Crippen LogP contribution >= 0.6 is 0 Å². The van der Waals surface area contributed by atoms with E-state index in [0.717, 1.165) is 5.69 Å². The molecule has 2 heterocycles. The predicted octanol–water partition coefficient (Wildman–Crippen LogP) is 2.37. The van der Waals surface area contributed by atoms with Gasteiger partial charge < -0.3 is 24.0 Å². The minimum atomic E-state index is -1.15. The first kappa shape index (κ1) is 24.3. The van der Waals surface area contributed by atoms with Crippen LogP contribution in [-0.2, 0) is 14.3 Å². The highest BCUT2D eigenvalue weighted by Gasteiger charge is 2.43. The molecule has 2 aliphatic heterocycles. The van der Waals surface area contributed by atoms with E-state index in [9.17, 15) is 14.0 Å². The maximum Gasteiger partial charge on any atom is 0.321 e. The van der Waals surface area contributed by atoms with Crippen molar-refractivity contribution in [2.45, 2.75) is 13.0 Å². The fourth-order valence-electron chi connectivity index (χ4n) is 4.34. The van der Waals surface area contributed by atoms with Gasteiger partial charge in [-0.15, -0.1) is 0 Å². The van der Waals surface area contributed by atoms with E-state index in [-0.39, 0.29) is 12.4 Å². The van der Waals surface area contributed by atoms with Crippen LogP contribution in [0.4, 0.5) is 10.1 Å². The molecule has 1 fully saturated rings. The van der Waals surface area contributed by atoms with Gasteiger partial charge in [0, 0.05) is 43.5 Å². The number of nitrogens with one attached hydrogen (secondary N) is 1. The second-order valence-corrected chi connectivity index (χ2v) is 8.17. The highest BCUT2D eigenvalue weighted by molar-refractivity contribution is 6.08. The van der Waals surface area contributed by atoms with Gasteiger partial charge in [0.25, 0.3) is 0 Å². The Bertz CT molecular complexity index is 1100. The van der Waals surface area contributed by atoms with Crippen LogP contribution in [0.1, 0.15) is 18.5 Å². The molecule has 0 unspecified atom stereocenters. The lowest BCUT2D eigenvalue weighted by atomic mass is 9.90. The fraction of sp³-hybridized carbons (Fsp3) is 0.400. The van der Waals surface area contributed by atoms with Crippen molar-refractivity contribution in [3.8, 4) is 11.5 Å². The van der Waals surface area contributed by atoms with Crippen LogP contribution in [-0.4, -0.2) is 69.7 Å². The second kappa shape index (κ2) is 10.6. The van der Waals surface area contributed by atoms with Crippen LogP contribution in [0.2, 0.25) is 0 Å². The number of carbonyl (C=O) groups is 2. The average molecular weight is 485 g/mol. The molecule has 10 heteroatoms. The van der Waals surface area contributed by atoms with Crippen LogP contribution in [0.25, 0.3) is 0 Å². The van der Waals surface area contributed by atoms with E-state index in [2.05, 4.69) is 10.2 Å². The summed E-state index contributed by atoms with van der Waals surface area (Å²) in [6.45, 7) is 4.35. The topological polar surface area (TPSA) is 92.7 Å². The van der Waals surface area contributed by atoms with Gasteiger partial charge in [-0.25, -0.2) is 9.38 Å². The molecular formula is C25H29FN4O5. The van der Waals surface area contributed by atoms with Crippen molar-refractivity contribution in [3.63, 3.8) is 0 Å². The monoisotopic (exact) mass is 484 g/mol. The molecule has 2 aromatic carbocycles. The number of guanidine groups is 1. The Labute approximate surface area is 203 Å². The summed E-state index contributed by atoms with van der Waals surface area (Å²) in [6.07, 6.45) is 0. The van der Waals surface area contributed by atoms with Crippen molar-refractivity contribution in [1.29, 1.82) is 0 Å². The number of aliphatic imine (C=N–C) groups is 1. The molecule has 0 aliphatic carbocycles. The Balaban J connectivity index is 1.61. The molecule has 186 valence electrons. The summed E-state index contributed by atoms with van der Waals surface area (Å²) in [4.78, 5) is 34.8. The van der Waals surface area contributed by atoms with E-state index in [4.69, 9.17) is 19.2 Å². The number of rotatable bonds is 6. The molecule has 35 heavy (non-hydrogen) atoms. The number of halogens is 1. The third-order valence-electron chi connectivity index (χ3n) is 6.17. The Hall–Kier alpha value is -3.82. The van der Waals surface area contributed by atoms with E-state index in [0.29, 0.717) is 49.2 Å². The molecular weight excluding hydrogens is 455 g/mol. The fourth-order valence-corrected chi connectivity index (χ4v) is 4.34. The standard InChI is InChI=1S/C25H29FN4O5/c1-4-35-24(32)21-22(19-10-9-18(33-2)15-20(19)34-3)27-25(28-23(21)31)30-13-11-29(12-14-30)17-7-5-16(26)6-8-17/h5-10,15,21-22H,4,11-14H2,1-3H3,(H,27,28,31)/t21-,22-/m1/s1. The number of hydrogen-bond donors (Lipinski definition) is 1. The number of methoxy groups -OCH3 is 2. The van der Waals surface area contributed by atoms with Crippen LogP contribution in [0.3, 0.4) is 0 Å². The van der Waals surface area contributed by atoms with Gasteiger partial charge in [-0.1, -0.05) is 0 Å². The molecule has 0 radical (unpaired) electrons. The van der Waals surface area contributed by atoms with E-state index in [1.165, 1.54) is 19.2 Å². The number of hydrogen-bond acceptors (Lipinski definition) is 8. The molecule has 1 amide bonds. The summed E-state index contributed by atoms with van der Waals surface area (Å²) in [5.74, 6) is -1.10. The molecule has 0 saturated carbocycles. The van der Waals surface area contributed by atoms with Crippen molar-refractivity contribution in [2.24, 2.45) is 10.9 Å². The Kier molecular flexibility index (Phi) is 7.38. The van der Waals surface area contributed by atoms with Crippen LogP contribution in [0, 0.1) is 11.7 Å².